The van der Waals surface area contributed by atoms with Crippen LogP contribution in [-0.2, 0) is 4.79 Å². The van der Waals surface area contributed by atoms with Crippen molar-refractivity contribution in [3.05, 3.63) is 12.2 Å². The van der Waals surface area contributed by atoms with Gasteiger partial charge in [-0.1, -0.05) is 19.4 Å². The molecule has 3 fully saturated rings. The fourth-order valence-corrected chi connectivity index (χ4v) is 4.50. The van der Waals surface area contributed by atoms with Crippen molar-refractivity contribution < 1.29 is 9.90 Å². The van der Waals surface area contributed by atoms with Gasteiger partial charge in [-0.25, -0.2) is 0 Å². The number of ketones is 1. The molecule has 3 aliphatic rings. The highest BCUT2D eigenvalue weighted by atomic mass is 16.3. The van der Waals surface area contributed by atoms with Crippen molar-refractivity contribution in [2.24, 2.45) is 23.2 Å². The van der Waals surface area contributed by atoms with Crippen LogP contribution < -0.4 is 0 Å². The summed E-state index contributed by atoms with van der Waals surface area (Å²) in [6.45, 7) is 2.37. The lowest BCUT2D eigenvalue weighted by atomic mass is 9.64. The van der Waals surface area contributed by atoms with Gasteiger partial charge in [0.25, 0.3) is 0 Å². The van der Waals surface area contributed by atoms with E-state index in [0.29, 0.717) is 29.0 Å². The standard InChI is InChI=1S/C17H26O2/c1-17-11-3-6-16(19)14(17)10-9-13(17)4-2-5-15(18)12-7-8-12/h2,5,12-14,16,19H,3-4,6-11H2,1H3/b5-2+/t13-,14-,16-,17+/m0/s1. The second-order valence-corrected chi connectivity index (χ2v) is 7.16. The second kappa shape index (κ2) is 5.05. The van der Waals surface area contributed by atoms with Gasteiger partial charge in [0.2, 0.25) is 0 Å². The topological polar surface area (TPSA) is 37.3 Å². The largest absolute Gasteiger partial charge is 0.393 e. The Hall–Kier alpha value is -0.630. The highest BCUT2D eigenvalue weighted by Crippen LogP contribution is 2.56. The van der Waals surface area contributed by atoms with Crippen molar-refractivity contribution in [1.82, 2.24) is 0 Å². The molecule has 106 valence electrons. The van der Waals surface area contributed by atoms with Crippen LogP contribution >= 0.6 is 0 Å². The first kappa shape index (κ1) is 13.4. The van der Waals surface area contributed by atoms with Crippen LogP contribution in [0.3, 0.4) is 0 Å². The molecule has 0 aromatic heterocycles. The summed E-state index contributed by atoms with van der Waals surface area (Å²) < 4.78 is 0. The number of allylic oxidation sites excluding steroid dienone is 2. The van der Waals surface area contributed by atoms with E-state index in [1.54, 1.807) is 0 Å². The summed E-state index contributed by atoms with van der Waals surface area (Å²) in [6, 6.07) is 0. The Kier molecular flexibility index (Phi) is 3.55. The summed E-state index contributed by atoms with van der Waals surface area (Å²) >= 11 is 0. The lowest BCUT2D eigenvalue weighted by Gasteiger charge is -2.43. The van der Waals surface area contributed by atoms with Crippen molar-refractivity contribution in [1.29, 1.82) is 0 Å². The number of carbonyl (C=O) groups is 1. The molecule has 3 aliphatic carbocycles. The van der Waals surface area contributed by atoms with Gasteiger partial charge in [-0.05, 0) is 68.3 Å². The first-order valence-corrected chi connectivity index (χ1v) is 7.99. The molecule has 4 atom stereocenters. The Balaban J connectivity index is 1.60. The molecule has 2 nitrogen and oxygen atoms in total. The number of rotatable bonds is 4. The summed E-state index contributed by atoms with van der Waals surface area (Å²) in [5, 5.41) is 10.2. The van der Waals surface area contributed by atoms with E-state index in [9.17, 15) is 9.90 Å². The summed E-state index contributed by atoms with van der Waals surface area (Å²) in [4.78, 5) is 11.7. The molecular formula is C17H26O2. The zero-order valence-corrected chi connectivity index (χ0v) is 12.0. The smallest absolute Gasteiger partial charge is 0.158 e. The van der Waals surface area contributed by atoms with Gasteiger partial charge in [-0.2, -0.15) is 0 Å². The maximum absolute atomic E-state index is 11.7. The average molecular weight is 262 g/mol. The third-order valence-corrected chi connectivity index (χ3v) is 5.97. The SMILES string of the molecule is C[C@]12CCC[C@H](O)[C@@H]1CC[C@@H]2C/C=C/C(=O)C1CC1. The zero-order chi connectivity index (χ0) is 13.5. The number of aliphatic hydroxyl groups is 1. The highest BCUT2D eigenvalue weighted by Gasteiger charge is 2.50. The molecule has 19 heavy (non-hydrogen) atoms. The molecular weight excluding hydrogens is 236 g/mol. The summed E-state index contributed by atoms with van der Waals surface area (Å²) in [5.41, 5.74) is 0.310. The van der Waals surface area contributed by atoms with Crippen molar-refractivity contribution >= 4 is 5.78 Å². The minimum absolute atomic E-state index is 0.0826. The van der Waals surface area contributed by atoms with Crippen molar-refractivity contribution in [2.75, 3.05) is 0 Å². The van der Waals surface area contributed by atoms with Crippen LogP contribution in [0.25, 0.3) is 0 Å². The Bertz CT molecular complexity index is 383. The number of hydrogen-bond acceptors (Lipinski definition) is 2. The monoisotopic (exact) mass is 262 g/mol. The molecule has 0 amide bonds. The molecule has 0 aromatic carbocycles. The highest BCUT2D eigenvalue weighted by molar-refractivity contribution is 5.93. The van der Waals surface area contributed by atoms with Gasteiger partial charge in [0, 0.05) is 5.92 Å². The quantitative estimate of drug-likeness (QED) is 0.787. The number of fused-ring (bicyclic) bond motifs is 1. The fourth-order valence-electron chi connectivity index (χ4n) is 4.50. The lowest BCUT2D eigenvalue weighted by Crippen LogP contribution is -2.39. The summed E-state index contributed by atoms with van der Waals surface area (Å²) in [6.07, 6.45) is 12.9. The minimum atomic E-state index is -0.0826. The maximum Gasteiger partial charge on any atom is 0.158 e. The summed E-state index contributed by atoms with van der Waals surface area (Å²) in [7, 11) is 0. The van der Waals surface area contributed by atoms with E-state index in [-0.39, 0.29) is 6.10 Å². The molecule has 0 unspecified atom stereocenters. The molecule has 3 rings (SSSR count). The van der Waals surface area contributed by atoms with Crippen LogP contribution in [0.1, 0.15) is 58.3 Å². The van der Waals surface area contributed by atoms with Crippen LogP contribution in [0.15, 0.2) is 12.2 Å². The molecule has 0 saturated heterocycles. The molecule has 0 heterocycles. The van der Waals surface area contributed by atoms with E-state index >= 15 is 0 Å². The Morgan fingerprint density at radius 3 is 2.79 bits per heavy atom. The number of hydrogen-bond donors (Lipinski definition) is 1. The van der Waals surface area contributed by atoms with E-state index in [1.165, 1.54) is 19.3 Å². The first-order chi connectivity index (χ1) is 9.11. The summed E-state index contributed by atoms with van der Waals surface area (Å²) in [5.74, 6) is 1.84. The molecule has 2 heteroatoms. The Morgan fingerprint density at radius 2 is 2.05 bits per heavy atom. The molecule has 0 bridgehead atoms. The van der Waals surface area contributed by atoms with Gasteiger partial charge in [0.1, 0.15) is 0 Å². The lowest BCUT2D eigenvalue weighted by molar-refractivity contribution is -0.115. The van der Waals surface area contributed by atoms with E-state index in [4.69, 9.17) is 0 Å². The zero-order valence-electron chi connectivity index (χ0n) is 12.0. The van der Waals surface area contributed by atoms with Crippen LogP contribution in [-0.4, -0.2) is 17.0 Å². The van der Waals surface area contributed by atoms with Crippen molar-refractivity contribution in [2.45, 2.75) is 64.4 Å². The van der Waals surface area contributed by atoms with Gasteiger partial charge in [0.15, 0.2) is 5.78 Å². The second-order valence-electron chi connectivity index (χ2n) is 7.16. The van der Waals surface area contributed by atoms with E-state index < -0.39 is 0 Å². The third kappa shape index (κ3) is 2.52. The van der Waals surface area contributed by atoms with Crippen LogP contribution in [0, 0.1) is 23.2 Å². The fraction of sp³-hybridized carbons (Fsp3) is 0.824. The predicted octanol–water partition coefficient (Wildman–Crippen LogP) is 3.49. The molecule has 0 radical (unpaired) electrons. The molecule has 3 saturated carbocycles. The predicted molar refractivity (Wildman–Crippen MR) is 75.7 cm³/mol. The molecule has 1 N–H and O–H groups in total. The van der Waals surface area contributed by atoms with E-state index in [0.717, 1.165) is 32.1 Å². The maximum atomic E-state index is 11.7. The van der Waals surface area contributed by atoms with Gasteiger partial charge in [0.05, 0.1) is 6.10 Å². The van der Waals surface area contributed by atoms with E-state index in [2.05, 4.69) is 13.0 Å². The van der Waals surface area contributed by atoms with E-state index in [1.807, 2.05) is 6.08 Å². The van der Waals surface area contributed by atoms with Gasteiger partial charge >= 0.3 is 0 Å². The molecule has 0 spiro atoms. The Labute approximate surface area is 116 Å². The molecule has 0 aliphatic heterocycles. The minimum Gasteiger partial charge on any atom is -0.393 e. The Morgan fingerprint density at radius 1 is 1.26 bits per heavy atom. The third-order valence-electron chi connectivity index (χ3n) is 5.97. The van der Waals surface area contributed by atoms with Gasteiger partial charge < -0.3 is 5.11 Å². The number of carbonyl (C=O) groups excluding carboxylic acids is 1. The van der Waals surface area contributed by atoms with Gasteiger partial charge in [-0.15, -0.1) is 0 Å². The number of aliphatic hydroxyl groups excluding tert-OH is 1. The normalized spacial score (nSPS) is 42.5. The van der Waals surface area contributed by atoms with Gasteiger partial charge in [-0.3, -0.25) is 4.79 Å². The molecule has 0 aromatic rings. The van der Waals surface area contributed by atoms with Crippen LogP contribution in [0.5, 0.6) is 0 Å². The van der Waals surface area contributed by atoms with Crippen molar-refractivity contribution in [3.63, 3.8) is 0 Å². The van der Waals surface area contributed by atoms with Crippen LogP contribution in [0.4, 0.5) is 0 Å². The average Bonchev–Trinajstić information content (AvgIpc) is 3.15. The first-order valence-electron chi connectivity index (χ1n) is 7.99. The van der Waals surface area contributed by atoms with Crippen molar-refractivity contribution in [3.8, 4) is 0 Å². The van der Waals surface area contributed by atoms with Crippen LogP contribution in [0.2, 0.25) is 0 Å².